The third kappa shape index (κ3) is 2.15. The SMILES string of the molecule is C=C(C)C(=O)n1ccc2cc(/C(N=N)=N/N)ccc21. The highest BCUT2D eigenvalue weighted by Gasteiger charge is 2.11. The fourth-order valence-corrected chi connectivity index (χ4v) is 1.83. The number of benzene rings is 1. The second kappa shape index (κ2) is 4.85. The largest absolute Gasteiger partial charge is 0.321 e. The quantitative estimate of drug-likeness (QED) is 0.215. The minimum Gasteiger partial charge on any atom is -0.321 e. The van der Waals surface area contributed by atoms with Gasteiger partial charge in [-0.05, 0) is 31.2 Å². The number of amidine groups is 1. The van der Waals surface area contributed by atoms with Crippen molar-refractivity contribution in [2.24, 2.45) is 16.1 Å². The summed E-state index contributed by atoms with van der Waals surface area (Å²) in [5, 5.41) is 7.51. The fraction of sp³-hybridized carbons (Fsp3) is 0.0769. The van der Waals surface area contributed by atoms with Gasteiger partial charge in [0.05, 0.1) is 5.52 Å². The third-order valence-electron chi connectivity index (χ3n) is 2.76. The van der Waals surface area contributed by atoms with Crippen LogP contribution in [0.1, 0.15) is 17.3 Å². The molecule has 0 fully saturated rings. The summed E-state index contributed by atoms with van der Waals surface area (Å²) in [4.78, 5) is 11.9. The van der Waals surface area contributed by atoms with Crippen LogP contribution in [0, 0.1) is 5.53 Å². The van der Waals surface area contributed by atoms with Crippen molar-refractivity contribution in [3.63, 3.8) is 0 Å². The van der Waals surface area contributed by atoms with Gasteiger partial charge in [0, 0.05) is 22.7 Å². The van der Waals surface area contributed by atoms with Gasteiger partial charge in [-0.1, -0.05) is 6.58 Å². The minimum atomic E-state index is -0.152. The highest BCUT2D eigenvalue weighted by atomic mass is 16.2. The van der Waals surface area contributed by atoms with Crippen molar-refractivity contribution in [2.45, 2.75) is 6.92 Å². The Balaban J connectivity index is 2.57. The molecular weight excluding hydrogens is 242 g/mol. The molecule has 1 aromatic heterocycles. The normalized spacial score (nSPS) is 11.5. The summed E-state index contributed by atoms with van der Waals surface area (Å²) in [6.45, 7) is 5.31. The molecule has 2 aromatic rings. The Morgan fingerprint density at radius 2 is 2.16 bits per heavy atom. The predicted octanol–water partition coefficient (Wildman–Crippen LogP) is 2.51. The molecule has 0 aliphatic heterocycles. The van der Waals surface area contributed by atoms with E-state index in [9.17, 15) is 4.79 Å². The maximum atomic E-state index is 11.9. The van der Waals surface area contributed by atoms with Gasteiger partial charge in [0.15, 0.2) is 5.84 Å². The van der Waals surface area contributed by atoms with E-state index in [1.165, 1.54) is 4.57 Å². The highest BCUT2D eigenvalue weighted by Crippen LogP contribution is 2.19. The van der Waals surface area contributed by atoms with E-state index in [4.69, 9.17) is 11.4 Å². The van der Waals surface area contributed by atoms with E-state index in [-0.39, 0.29) is 11.7 Å². The van der Waals surface area contributed by atoms with Crippen LogP contribution in [0.15, 0.2) is 52.8 Å². The maximum absolute atomic E-state index is 11.9. The average Bonchev–Trinajstić information content (AvgIpc) is 2.82. The first kappa shape index (κ1) is 12.7. The number of aromatic nitrogens is 1. The molecule has 0 aliphatic rings. The number of hydrogen-bond acceptors (Lipinski definition) is 4. The summed E-state index contributed by atoms with van der Waals surface area (Å²) in [6.07, 6.45) is 1.68. The number of carbonyl (C=O) groups is 1. The fourth-order valence-electron chi connectivity index (χ4n) is 1.83. The number of nitrogens with one attached hydrogen (secondary N) is 1. The van der Waals surface area contributed by atoms with Gasteiger partial charge >= 0.3 is 0 Å². The zero-order valence-electron chi connectivity index (χ0n) is 10.4. The molecule has 1 aromatic carbocycles. The van der Waals surface area contributed by atoms with Crippen LogP contribution >= 0.6 is 0 Å². The number of allylic oxidation sites excluding steroid dienone is 1. The third-order valence-corrected chi connectivity index (χ3v) is 2.76. The summed E-state index contributed by atoms with van der Waals surface area (Å²) >= 11 is 0. The maximum Gasteiger partial charge on any atom is 0.257 e. The lowest BCUT2D eigenvalue weighted by Gasteiger charge is -2.04. The summed E-state index contributed by atoms with van der Waals surface area (Å²) in [6, 6.07) is 7.06. The molecule has 19 heavy (non-hydrogen) atoms. The number of nitrogens with zero attached hydrogens (tertiary/aromatic N) is 3. The molecule has 96 valence electrons. The number of hydrogen-bond donors (Lipinski definition) is 2. The van der Waals surface area contributed by atoms with Crippen LogP contribution < -0.4 is 5.84 Å². The van der Waals surface area contributed by atoms with Gasteiger partial charge in [-0.25, -0.2) is 5.53 Å². The van der Waals surface area contributed by atoms with Gasteiger partial charge in [-0.2, -0.15) is 5.10 Å². The summed E-state index contributed by atoms with van der Waals surface area (Å²) in [5.74, 6) is 5.14. The standard InChI is InChI=1S/C13H13N5O/c1-8(2)13(19)18-6-5-9-7-10(3-4-11(9)18)12(16-14)17-15/h3-7,14H,1,15H2,2H3/b16-14?,17-12-. The molecule has 0 radical (unpaired) electrons. The van der Waals surface area contributed by atoms with Gasteiger partial charge in [0.2, 0.25) is 0 Å². The monoisotopic (exact) mass is 255 g/mol. The molecule has 0 atom stereocenters. The number of nitrogens with two attached hydrogens (primary N) is 1. The molecule has 6 heteroatoms. The van der Waals surface area contributed by atoms with Gasteiger partial charge in [-0.3, -0.25) is 9.36 Å². The second-order valence-electron chi connectivity index (χ2n) is 4.11. The van der Waals surface area contributed by atoms with Crippen molar-refractivity contribution in [3.05, 3.63) is 48.2 Å². The summed E-state index contributed by atoms with van der Waals surface area (Å²) in [5.41, 5.74) is 8.84. The molecule has 0 amide bonds. The molecule has 0 saturated heterocycles. The van der Waals surface area contributed by atoms with Gasteiger partial charge in [0.1, 0.15) is 0 Å². The lowest BCUT2D eigenvalue weighted by Crippen LogP contribution is -2.09. The zero-order valence-corrected chi connectivity index (χ0v) is 10.4. The van der Waals surface area contributed by atoms with E-state index >= 15 is 0 Å². The van der Waals surface area contributed by atoms with Crippen LogP contribution in [0.4, 0.5) is 0 Å². The smallest absolute Gasteiger partial charge is 0.257 e. The lowest BCUT2D eigenvalue weighted by molar-refractivity contribution is 0.0960. The van der Waals surface area contributed by atoms with Gasteiger partial charge in [-0.15, -0.1) is 5.11 Å². The molecule has 0 unspecified atom stereocenters. The number of hydrazone groups is 1. The Hall–Kier alpha value is -2.76. The minimum absolute atomic E-state index is 0.140. The molecule has 3 N–H and O–H groups in total. The molecule has 0 bridgehead atoms. The van der Waals surface area contributed by atoms with Crippen LogP contribution in [-0.2, 0) is 0 Å². The van der Waals surface area contributed by atoms with E-state index in [2.05, 4.69) is 16.8 Å². The van der Waals surface area contributed by atoms with Crippen LogP contribution in [-0.4, -0.2) is 16.3 Å². The number of rotatable bonds is 2. The Morgan fingerprint density at radius 3 is 2.74 bits per heavy atom. The number of carbonyl (C=O) groups excluding carboxylic acids is 1. The molecule has 6 nitrogen and oxygen atoms in total. The van der Waals surface area contributed by atoms with Crippen molar-refractivity contribution in [3.8, 4) is 0 Å². The topological polar surface area (TPSA) is 96.6 Å². The van der Waals surface area contributed by atoms with E-state index < -0.39 is 0 Å². The predicted molar refractivity (Wildman–Crippen MR) is 73.3 cm³/mol. The van der Waals surface area contributed by atoms with E-state index in [1.54, 1.807) is 37.4 Å². The Morgan fingerprint density at radius 1 is 1.42 bits per heavy atom. The molecular formula is C13H13N5O. The summed E-state index contributed by atoms with van der Waals surface area (Å²) in [7, 11) is 0. The number of fused-ring (bicyclic) bond motifs is 1. The van der Waals surface area contributed by atoms with Crippen LogP contribution in [0.3, 0.4) is 0 Å². The van der Waals surface area contributed by atoms with Crippen molar-refractivity contribution in [1.82, 2.24) is 4.57 Å². The molecule has 2 rings (SSSR count). The zero-order chi connectivity index (χ0) is 14.0. The van der Waals surface area contributed by atoms with Gasteiger partial charge < -0.3 is 5.84 Å². The van der Waals surface area contributed by atoms with E-state index in [0.717, 1.165) is 10.9 Å². The van der Waals surface area contributed by atoms with Crippen LogP contribution in [0.25, 0.3) is 10.9 Å². The summed E-state index contributed by atoms with van der Waals surface area (Å²) < 4.78 is 1.53. The van der Waals surface area contributed by atoms with E-state index in [0.29, 0.717) is 11.1 Å². The van der Waals surface area contributed by atoms with E-state index in [1.807, 2.05) is 0 Å². The molecule has 0 saturated carbocycles. The second-order valence-corrected chi connectivity index (χ2v) is 4.11. The first-order valence-electron chi connectivity index (χ1n) is 5.55. The molecule has 0 aliphatic carbocycles. The first-order valence-corrected chi connectivity index (χ1v) is 5.55. The Bertz CT molecular complexity index is 711. The van der Waals surface area contributed by atoms with Crippen LogP contribution in [0.5, 0.6) is 0 Å². The Kier molecular flexibility index (Phi) is 3.24. The van der Waals surface area contributed by atoms with Crippen molar-refractivity contribution in [2.75, 3.05) is 0 Å². The molecule has 0 spiro atoms. The van der Waals surface area contributed by atoms with Crippen molar-refractivity contribution >= 4 is 22.6 Å². The Labute approximate surface area is 109 Å². The van der Waals surface area contributed by atoms with Gasteiger partial charge in [0.25, 0.3) is 5.91 Å². The highest BCUT2D eigenvalue weighted by molar-refractivity contribution is 6.04. The lowest BCUT2D eigenvalue weighted by atomic mass is 10.1. The van der Waals surface area contributed by atoms with Crippen molar-refractivity contribution < 1.29 is 4.79 Å². The van der Waals surface area contributed by atoms with Crippen molar-refractivity contribution in [1.29, 1.82) is 5.53 Å². The molecule has 1 heterocycles. The average molecular weight is 255 g/mol. The first-order chi connectivity index (χ1) is 9.08. The van der Waals surface area contributed by atoms with Crippen LogP contribution in [0.2, 0.25) is 0 Å².